The fourth-order valence-corrected chi connectivity index (χ4v) is 6.11. The Bertz CT molecular complexity index is 1040. The molecule has 0 aliphatic rings. The molecule has 0 aliphatic heterocycles. The van der Waals surface area contributed by atoms with Gasteiger partial charge in [-0.1, -0.05) is 91.0 Å². The molecule has 44 heavy (non-hydrogen) atoms. The van der Waals surface area contributed by atoms with Gasteiger partial charge in [-0.25, -0.2) is 4.79 Å². The molecule has 7 atom stereocenters. The summed E-state index contributed by atoms with van der Waals surface area (Å²) in [7, 11) is 0.888. The number of hydrogen-bond acceptors (Lipinski definition) is 7. The number of benzene rings is 1. The molecule has 1 aromatic rings. The standard InChI is InChI=1S/C36H60O7Si/c1-26(24-42-25-30-17-20-32(40-8)21-18-30)22-29(4)35(39)28(3)16-19-31(37)23-33(43-44(10,11)36(5,6)7)27(2)14-12-13-15-34(38)41-9/h12-21,26-29,31,33,35,37,39H,22-25H2,1-11H3/b14-12+,15-13-,19-16-/t26-,27+,28+,29+,31+,33+,35+/m1/s1. The van der Waals surface area contributed by atoms with E-state index in [0.717, 1.165) is 17.7 Å². The summed E-state index contributed by atoms with van der Waals surface area (Å²) < 4.78 is 22.5. The van der Waals surface area contributed by atoms with Gasteiger partial charge in [0.05, 0.1) is 39.1 Å². The lowest BCUT2D eigenvalue weighted by atomic mass is 9.86. The minimum absolute atomic E-state index is 0.00549. The van der Waals surface area contributed by atoms with Crippen molar-refractivity contribution in [3.8, 4) is 5.75 Å². The number of rotatable bonds is 19. The van der Waals surface area contributed by atoms with Crippen LogP contribution >= 0.6 is 0 Å². The highest BCUT2D eigenvalue weighted by Crippen LogP contribution is 2.39. The molecule has 8 heteroatoms. The van der Waals surface area contributed by atoms with Gasteiger partial charge in [-0.05, 0) is 60.0 Å². The number of hydrogen-bond donors (Lipinski definition) is 2. The van der Waals surface area contributed by atoms with Crippen LogP contribution in [0.25, 0.3) is 0 Å². The molecule has 0 saturated heterocycles. The molecule has 0 saturated carbocycles. The van der Waals surface area contributed by atoms with Gasteiger partial charge in [0.2, 0.25) is 0 Å². The number of ether oxygens (including phenoxy) is 3. The summed E-state index contributed by atoms with van der Waals surface area (Å²) in [5, 5.41) is 22.1. The van der Waals surface area contributed by atoms with Crippen molar-refractivity contribution in [3.63, 3.8) is 0 Å². The van der Waals surface area contributed by atoms with Gasteiger partial charge in [0.25, 0.3) is 0 Å². The predicted octanol–water partition coefficient (Wildman–Crippen LogP) is 7.49. The van der Waals surface area contributed by atoms with Gasteiger partial charge < -0.3 is 28.8 Å². The third-order valence-corrected chi connectivity index (χ3v) is 13.1. The number of allylic oxidation sites excluding steroid dienone is 2. The second-order valence-corrected chi connectivity index (χ2v) is 18.5. The molecule has 1 aromatic carbocycles. The molecule has 0 bridgehead atoms. The molecular weight excluding hydrogens is 572 g/mol. The second kappa shape index (κ2) is 19.3. The van der Waals surface area contributed by atoms with E-state index in [9.17, 15) is 15.0 Å². The van der Waals surface area contributed by atoms with E-state index in [1.54, 1.807) is 19.3 Å². The Balaban J connectivity index is 2.74. The Morgan fingerprint density at radius 3 is 2.11 bits per heavy atom. The maximum absolute atomic E-state index is 11.4. The van der Waals surface area contributed by atoms with Crippen molar-refractivity contribution in [2.45, 2.75) is 104 Å². The lowest BCUT2D eigenvalue weighted by Crippen LogP contribution is -2.46. The fourth-order valence-electron chi connectivity index (χ4n) is 4.68. The first-order chi connectivity index (χ1) is 20.5. The summed E-state index contributed by atoms with van der Waals surface area (Å²) in [6, 6.07) is 7.86. The van der Waals surface area contributed by atoms with Crippen LogP contribution in [0, 0.1) is 23.7 Å². The van der Waals surface area contributed by atoms with Gasteiger partial charge in [0.1, 0.15) is 5.75 Å². The van der Waals surface area contributed by atoms with Crippen molar-refractivity contribution < 1.29 is 33.6 Å². The maximum atomic E-state index is 11.4. The highest BCUT2D eigenvalue weighted by Gasteiger charge is 2.40. The van der Waals surface area contributed by atoms with Crippen LogP contribution in [0.3, 0.4) is 0 Å². The number of esters is 1. The van der Waals surface area contributed by atoms with E-state index < -0.39 is 26.5 Å². The highest BCUT2D eigenvalue weighted by molar-refractivity contribution is 6.74. The normalized spacial score (nSPS) is 17.8. The molecule has 1 rings (SSSR count). The summed E-state index contributed by atoms with van der Waals surface area (Å²) in [6.45, 7) is 20.4. The molecular formula is C36H60O7Si. The Labute approximate surface area is 268 Å². The predicted molar refractivity (Wildman–Crippen MR) is 182 cm³/mol. The second-order valence-electron chi connectivity index (χ2n) is 13.8. The monoisotopic (exact) mass is 632 g/mol. The fraction of sp³-hybridized carbons (Fsp3) is 0.639. The van der Waals surface area contributed by atoms with Crippen LogP contribution < -0.4 is 4.74 Å². The first-order valence-corrected chi connectivity index (χ1v) is 18.8. The van der Waals surface area contributed by atoms with Crippen molar-refractivity contribution in [2.24, 2.45) is 23.7 Å². The summed E-state index contributed by atoms with van der Waals surface area (Å²) in [5.41, 5.74) is 1.10. The van der Waals surface area contributed by atoms with Crippen molar-refractivity contribution in [3.05, 3.63) is 66.3 Å². The van der Waals surface area contributed by atoms with Crippen LogP contribution in [0.1, 0.15) is 66.9 Å². The molecule has 0 aliphatic carbocycles. The minimum atomic E-state index is -2.11. The van der Waals surface area contributed by atoms with Crippen LogP contribution in [0.5, 0.6) is 5.75 Å². The number of methoxy groups -OCH3 is 2. The summed E-state index contributed by atoms with van der Waals surface area (Å²) >= 11 is 0. The van der Waals surface area contributed by atoms with Crippen molar-refractivity contribution in [1.82, 2.24) is 0 Å². The Morgan fingerprint density at radius 2 is 1.55 bits per heavy atom. The van der Waals surface area contributed by atoms with E-state index in [1.165, 1.54) is 13.2 Å². The largest absolute Gasteiger partial charge is 0.497 e. The summed E-state index contributed by atoms with van der Waals surface area (Å²) in [6.07, 6.45) is 10.3. The topological polar surface area (TPSA) is 94.5 Å². The van der Waals surface area contributed by atoms with Crippen molar-refractivity contribution >= 4 is 14.3 Å². The third-order valence-electron chi connectivity index (χ3n) is 8.63. The molecule has 0 fully saturated rings. The molecule has 7 nitrogen and oxygen atoms in total. The third kappa shape index (κ3) is 14.7. The zero-order valence-corrected chi connectivity index (χ0v) is 30.1. The van der Waals surface area contributed by atoms with Crippen LogP contribution in [-0.2, 0) is 25.3 Å². The Kier molecular flexibility index (Phi) is 17.5. The number of carbonyl (C=O) groups excluding carboxylic acids is 1. The van der Waals surface area contributed by atoms with Gasteiger partial charge in [0.15, 0.2) is 8.32 Å². The molecule has 0 radical (unpaired) electrons. The SMILES string of the molecule is COC(=O)/C=C\C=C\[C@H](C)[C@H](C[C@@H](O)/C=C\[C@H](C)[C@H](O)[C@@H](C)C[C@@H](C)COCc1ccc(OC)cc1)O[Si](C)(C)C(C)(C)C. The first-order valence-electron chi connectivity index (χ1n) is 15.9. The van der Waals surface area contributed by atoms with E-state index in [-0.39, 0.29) is 28.9 Å². The molecule has 0 amide bonds. The average molecular weight is 633 g/mol. The first kappa shape index (κ1) is 39.8. The molecule has 0 spiro atoms. The lowest BCUT2D eigenvalue weighted by Gasteiger charge is -2.41. The Morgan fingerprint density at radius 1 is 0.909 bits per heavy atom. The number of carbonyl (C=O) groups is 1. The van der Waals surface area contributed by atoms with E-state index in [4.69, 9.17) is 13.9 Å². The zero-order valence-electron chi connectivity index (χ0n) is 29.1. The van der Waals surface area contributed by atoms with E-state index in [2.05, 4.69) is 59.4 Å². The van der Waals surface area contributed by atoms with Crippen LogP contribution in [0.2, 0.25) is 18.1 Å². The molecule has 0 unspecified atom stereocenters. The van der Waals surface area contributed by atoms with Gasteiger partial charge in [0, 0.05) is 25.0 Å². The van der Waals surface area contributed by atoms with Crippen LogP contribution in [-0.4, -0.2) is 63.6 Å². The molecule has 2 N–H and O–H groups in total. The van der Waals surface area contributed by atoms with Crippen molar-refractivity contribution in [1.29, 1.82) is 0 Å². The molecule has 0 heterocycles. The number of aliphatic hydroxyl groups excluding tert-OH is 2. The van der Waals surface area contributed by atoms with Crippen molar-refractivity contribution in [2.75, 3.05) is 20.8 Å². The quantitative estimate of drug-likeness (QED) is 0.0537. The van der Waals surface area contributed by atoms with Gasteiger partial charge in [-0.2, -0.15) is 0 Å². The van der Waals surface area contributed by atoms with Gasteiger partial charge in [-0.3, -0.25) is 0 Å². The Hall–Kier alpha value is -2.23. The summed E-state index contributed by atoms with van der Waals surface area (Å²) in [4.78, 5) is 11.4. The van der Waals surface area contributed by atoms with Crippen LogP contribution in [0.4, 0.5) is 0 Å². The van der Waals surface area contributed by atoms with E-state index in [1.807, 2.05) is 49.4 Å². The maximum Gasteiger partial charge on any atom is 0.330 e. The minimum Gasteiger partial charge on any atom is -0.497 e. The molecule has 250 valence electrons. The highest BCUT2D eigenvalue weighted by atomic mass is 28.4. The number of aliphatic hydroxyl groups is 2. The average Bonchev–Trinajstić information content (AvgIpc) is 2.96. The molecule has 0 aromatic heterocycles. The van der Waals surface area contributed by atoms with E-state index in [0.29, 0.717) is 25.6 Å². The van der Waals surface area contributed by atoms with E-state index >= 15 is 0 Å². The van der Waals surface area contributed by atoms with Gasteiger partial charge >= 0.3 is 5.97 Å². The van der Waals surface area contributed by atoms with Crippen LogP contribution in [0.15, 0.2) is 60.7 Å². The van der Waals surface area contributed by atoms with Gasteiger partial charge in [-0.15, -0.1) is 0 Å². The summed E-state index contributed by atoms with van der Waals surface area (Å²) in [5.74, 6) is 0.677. The smallest absolute Gasteiger partial charge is 0.330 e. The lowest BCUT2D eigenvalue weighted by molar-refractivity contribution is -0.134. The zero-order chi connectivity index (χ0) is 33.5.